The number of hydrogen-bond donors (Lipinski definition) is 3. The highest BCUT2D eigenvalue weighted by Crippen LogP contribution is 2.22. The Morgan fingerprint density at radius 2 is 2.00 bits per heavy atom. The standard InChI is InChI=1S/C12H13ClN4O2S/c1-8-2-3-9(6-11(8)13)17-20(18,19)10-4-5-12(16-14)15-7-10/h2-7,17H,14H2,1H3,(H,15,16). The van der Waals surface area contributed by atoms with Crippen molar-refractivity contribution in [2.45, 2.75) is 11.8 Å². The zero-order valence-electron chi connectivity index (χ0n) is 10.6. The number of benzene rings is 1. The highest BCUT2D eigenvalue weighted by molar-refractivity contribution is 7.92. The molecule has 2 rings (SSSR count). The Hall–Kier alpha value is -1.83. The van der Waals surface area contributed by atoms with E-state index in [1.165, 1.54) is 18.3 Å². The molecule has 0 radical (unpaired) electrons. The molecule has 0 aliphatic carbocycles. The van der Waals surface area contributed by atoms with Crippen LogP contribution in [0.2, 0.25) is 5.02 Å². The minimum Gasteiger partial charge on any atom is -0.308 e. The number of hydrogen-bond acceptors (Lipinski definition) is 5. The van der Waals surface area contributed by atoms with Crippen LogP contribution in [0.3, 0.4) is 0 Å². The third-order valence-corrected chi connectivity index (χ3v) is 4.39. The van der Waals surface area contributed by atoms with Gasteiger partial charge < -0.3 is 5.43 Å². The fourth-order valence-electron chi connectivity index (χ4n) is 1.50. The molecule has 0 aliphatic rings. The predicted octanol–water partition coefficient (Wildman–Crippen LogP) is 2.13. The largest absolute Gasteiger partial charge is 0.308 e. The minimum absolute atomic E-state index is 0.0354. The molecule has 4 N–H and O–H groups in total. The highest BCUT2D eigenvalue weighted by Gasteiger charge is 2.15. The molecule has 0 atom stereocenters. The third kappa shape index (κ3) is 3.19. The van der Waals surface area contributed by atoms with E-state index < -0.39 is 10.0 Å². The molecule has 0 spiro atoms. The Bertz CT molecular complexity index is 717. The smallest absolute Gasteiger partial charge is 0.263 e. The summed E-state index contributed by atoms with van der Waals surface area (Å²) in [5.41, 5.74) is 3.59. The van der Waals surface area contributed by atoms with E-state index in [1.807, 2.05) is 6.92 Å². The van der Waals surface area contributed by atoms with Gasteiger partial charge in [0.2, 0.25) is 0 Å². The van der Waals surface area contributed by atoms with Gasteiger partial charge in [-0.2, -0.15) is 0 Å². The number of rotatable bonds is 4. The average molecular weight is 313 g/mol. The van der Waals surface area contributed by atoms with Crippen LogP contribution in [0, 0.1) is 6.92 Å². The number of nitrogens with two attached hydrogens (primary N) is 1. The lowest BCUT2D eigenvalue weighted by atomic mass is 10.2. The minimum atomic E-state index is -3.71. The average Bonchev–Trinajstić information content (AvgIpc) is 2.43. The summed E-state index contributed by atoms with van der Waals surface area (Å²) in [6.45, 7) is 1.84. The number of pyridine rings is 1. The quantitative estimate of drug-likeness (QED) is 0.593. The lowest BCUT2D eigenvalue weighted by Crippen LogP contribution is -2.14. The van der Waals surface area contributed by atoms with Crippen molar-refractivity contribution in [2.75, 3.05) is 10.1 Å². The van der Waals surface area contributed by atoms with Gasteiger partial charge >= 0.3 is 0 Å². The van der Waals surface area contributed by atoms with Crippen LogP contribution in [0.5, 0.6) is 0 Å². The van der Waals surface area contributed by atoms with Gasteiger partial charge in [0.1, 0.15) is 10.7 Å². The van der Waals surface area contributed by atoms with Crippen molar-refractivity contribution in [2.24, 2.45) is 5.84 Å². The van der Waals surface area contributed by atoms with Crippen molar-refractivity contribution in [3.05, 3.63) is 47.1 Å². The maximum absolute atomic E-state index is 12.2. The second kappa shape index (κ2) is 5.66. The van der Waals surface area contributed by atoms with Crippen LogP contribution >= 0.6 is 11.6 Å². The molecule has 1 aromatic carbocycles. The van der Waals surface area contributed by atoms with Crippen LogP contribution in [-0.4, -0.2) is 13.4 Å². The van der Waals surface area contributed by atoms with Gasteiger partial charge in [-0.15, -0.1) is 0 Å². The summed E-state index contributed by atoms with van der Waals surface area (Å²) in [6.07, 6.45) is 1.22. The summed E-state index contributed by atoms with van der Waals surface area (Å²) >= 11 is 5.96. The van der Waals surface area contributed by atoms with Crippen molar-refractivity contribution in [3.63, 3.8) is 0 Å². The molecule has 0 amide bonds. The van der Waals surface area contributed by atoms with Crippen LogP contribution in [0.4, 0.5) is 11.5 Å². The molecule has 6 nitrogen and oxygen atoms in total. The summed E-state index contributed by atoms with van der Waals surface area (Å²) in [5.74, 6) is 5.55. The maximum atomic E-state index is 12.2. The van der Waals surface area contributed by atoms with E-state index >= 15 is 0 Å². The predicted molar refractivity (Wildman–Crippen MR) is 79.0 cm³/mol. The van der Waals surface area contributed by atoms with Crippen molar-refractivity contribution in [1.82, 2.24) is 4.98 Å². The molecular weight excluding hydrogens is 300 g/mol. The first-order chi connectivity index (χ1) is 9.42. The summed E-state index contributed by atoms with van der Waals surface area (Å²) in [6, 6.07) is 7.80. The Morgan fingerprint density at radius 3 is 2.55 bits per heavy atom. The summed E-state index contributed by atoms with van der Waals surface area (Å²) in [7, 11) is -3.71. The topological polar surface area (TPSA) is 97.1 Å². The van der Waals surface area contributed by atoms with E-state index in [9.17, 15) is 8.42 Å². The van der Waals surface area contributed by atoms with Gasteiger partial charge in [-0.3, -0.25) is 4.72 Å². The maximum Gasteiger partial charge on any atom is 0.263 e. The SMILES string of the molecule is Cc1ccc(NS(=O)(=O)c2ccc(NN)nc2)cc1Cl. The fourth-order valence-corrected chi connectivity index (χ4v) is 2.67. The number of halogens is 1. The molecule has 1 aromatic heterocycles. The van der Waals surface area contributed by atoms with Crippen LogP contribution in [0.15, 0.2) is 41.4 Å². The van der Waals surface area contributed by atoms with Gasteiger partial charge in [-0.25, -0.2) is 19.2 Å². The zero-order valence-corrected chi connectivity index (χ0v) is 12.2. The van der Waals surface area contributed by atoms with E-state index in [4.69, 9.17) is 17.4 Å². The molecular formula is C12H13ClN4O2S. The Balaban J connectivity index is 2.27. The number of hydrazine groups is 1. The number of anilines is 2. The van der Waals surface area contributed by atoms with Gasteiger partial charge in [0.05, 0.1) is 5.69 Å². The van der Waals surface area contributed by atoms with Crippen molar-refractivity contribution >= 4 is 33.1 Å². The van der Waals surface area contributed by atoms with Crippen molar-refractivity contribution < 1.29 is 8.42 Å². The summed E-state index contributed by atoms with van der Waals surface area (Å²) in [4.78, 5) is 3.89. The number of sulfonamides is 1. The van der Waals surface area contributed by atoms with E-state index in [0.29, 0.717) is 16.5 Å². The van der Waals surface area contributed by atoms with E-state index in [-0.39, 0.29) is 4.90 Å². The lowest BCUT2D eigenvalue weighted by molar-refractivity contribution is 0.601. The van der Waals surface area contributed by atoms with Gasteiger partial charge in [-0.05, 0) is 36.8 Å². The van der Waals surface area contributed by atoms with Crippen LogP contribution in [0.25, 0.3) is 0 Å². The van der Waals surface area contributed by atoms with Gasteiger partial charge in [-0.1, -0.05) is 17.7 Å². The van der Waals surface area contributed by atoms with Gasteiger partial charge in [0, 0.05) is 11.2 Å². The number of nitrogens with zero attached hydrogens (tertiary/aromatic N) is 1. The second-order valence-corrected chi connectivity index (χ2v) is 6.18. The normalized spacial score (nSPS) is 11.2. The molecule has 0 bridgehead atoms. The number of aryl methyl sites for hydroxylation is 1. The fraction of sp³-hybridized carbons (Fsp3) is 0.0833. The second-order valence-electron chi connectivity index (χ2n) is 4.09. The van der Waals surface area contributed by atoms with Crippen molar-refractivity contribution in [3.8, 4) is 0 Å². The first kappa shape index (κ1) is 14.6. The Labute approximate surface area is 122 Å². The third-order valence-electron chi connectivity index (χ3n) is 2.62. The van der Waals surface area contributed by atoms with E-state index in [2.05, 4.69) is 15.1 Å². The molecule has 2 aromatic rings. The molecule has 20 heavy (non-hydrogen) atoms. The Kier molecular flexibility index (Phi) is 4.12. The summed E-state index contributed by atoms with van der Waals surface area (Å²) in [5, 5.41) is 0.492. The van der Waals surface area contributed by atoms with E-state index in [1.54, 1.807) is 18.2 Å². The van der Waals surface area contributed by atoms with Crippen LogP contribution < -0.4 is 16.0 Å². The highest BCUT2D eigenvalue weighted by atomic mass is 35.5. The van der Waals surface area contributed by atoms with Crippen molar-refractivity contribution in [1.29, 1.82) is 0 Å². The Morgan fingerprint density at radius 1 is 1.25 bits per heavy atom. The molecule has 0 unspecified atom stereocenters. The first-order valence-electron chi connectivity index (χ1n) is 5.64. The van der Waals surface area contributed by atoms with Crippen LogP contribution in [-0.2, 0) is 10.0 Å². The van der Waals surface area contributed by atoms with E-state index in [0.717, 1.165) is 5.56 Å². The monoisotopic (exact) mass is 312 g/mol. The number of nitrogen functional groups attached to an aromatic ring is 1. The molecule has 106 valence electrons. The molecule has 0 saturated carbocycles. The lowest BCUT2D eigenvalue weighted by Gasteiger charge is -2.09. The summed E-state index contributed by atoms with van der Waals surface area (Å²) < 4.78 is 26.7. The first-order valence-corrected chi connectivity index (χ1v) is 7.50. The number of aromatic nitrogens is 1. The molecule has 1 heterocycles. The van der Waals surface area contributed by atoms with Gasteiger partial charge in [0.15, 0.2) is 0 Å². The van der Waals surface area contributed by atoms with Gasteiger partial charge in [0.25, 0.3) is 10.0 Å². The molecule has 0 saturated heterocycles. The molecule has 8 heteroatoms. The van der Waals surface area contributed by atoms with Crippen LogP contribution in [0.1, 0.15) is 5.56 Å². The number of nitrogens with one attached hydrogen (secondary N) is 2. The molecule has 0 fully saturated rings. The molecule has 0 aliphatic heterocycles. The zero-order chi connectivity index (χ0) is 14.8.